The summed E-state index contributed by atoms with van der Waals surface area (Å²) in [7, 11) is -5.89. The zero-order valence-electron chi connectivity index (χ0n) is 8.94. The largest absolute Gasteiger partial charge is 0.425 e. The Labute approximate surface area is 93.6 Å². The number of rotatable bonds is 3. The Morgan fingerprint density at radius 2 is 1.12 bits per heavy atom. The fraction of sp³-hybridized carbons (Fsp3) is 1.00. The average molecular weight is 288 g/mol. The van der Waals surface area contributed by atoms with E-state index in [0.717, 1.165) is 0 Å². The molecule has 0 heterocycles. The van der Waals surface area contributed by atoms with Crippen molar-refractivity contribution in [2.45, 2.75) is 43.3 Å². The summed E-state index contributed by atoms with van der Waals surface area (Å²) >= 11 is 0. The Balaban J connectivity index is 5.91. The summed E-state index contributed by atoms with van der Waals surface area (Å²) < 4.78 is 106. The Kier molecular flexibility index (Phi) is 3.63. The van der Waals surface area contributed by atoms with Crippen molar-refractivity contribution in [3.8, 4) is 0 Å². The predicted molar refractivity (Wildman–Crippen MR) is 46.1 cm³/mol. The van der Waals surface area contributed by atoms with Gasteiger partial charge in [-0.05, 0) is 20.8 Å². The van der Waals surface area contributed by atoms with E-state index in [1.165, 1.54) is 0 Å². The number of hydrogen-bond acceptors (Lipinski definition) is 2. The SMILES string of the molecule is CC(F)(C(F)(F)F)C(C)(F)C(C)(F)S(=O)(=O)O. The molecule has 3 atom stereocenters. The van der Waals surface area contributed by atoms with Gasteiger partial charge >= 0.3 is 16.3 Å². The van der Waals surface area contributed by atoms with E-state index in [1.807, 2.05) is 0 Å². The van der Waals surface area contributed by atoms with Gasteiger partial charge in [0.2, 0.25) is 11.3 Å². The molecule has 0 radical (unpaired) electrons. The van der Waals surface area contributed by atoms with Crippen LogP contribution in [-0.2, 0) is 10.1 Å². The lowest BCUT2D eigenvalue weighted by Gasteiger charge is -2.40. The summed E-state index contributed by atoms with van der Waals surface area (Å²) in [5.74, 6) is 0. The first-order chi connectivity index (χ1) is 7.00. The summed E-state index contributed by atoms with van der Waals surface area (Å²) in [6.07, 6.45) is -5.85. The van der Waals surface area contributed by atoms with Gasteiger partial charge in [-0.3, -0.25) is 4.55 Å². The average Bonchev–Trinajstić information content (AvgIpc) is 1.98. The van der Waals surface area contributed by atoms with Gasteiger partial charge in [0.15, 0.2) is 0 Å². The third-order valence-corrected chi connectivity index (χ3v) is 4.09. The molecule has 0 bridgehead atoms. The molecule has 0 rings (SSSR count). The Morgan fingerprint density at radius 3 is 1.29 bits per heavy atom. The Bertz CT molecular complexity index is 394. The number of alkyl halides is 6. The third-order valence-electron chi connectivity index (χ3n) is 2.74. The van der Waals surface area contributed by atoms with Gasteiger partial charge < -0.3 is 0 Å². The van der Waals surface area contributed by atoms with Gasteiger partial charge in [-0.2, -0.15) is 21.6 Å². The first-order valence-corrected chi connectivity index (χ1v) is 5.54. The molecular formula is C7H10F6O3S. The van der Waals surface area contributed by atoms with E-state index in [1.54, 1.807) is 0 Å². The molecule has 0 aliphatic heterocycles. The lowest BCUT2D eigenvalue weighted by molar-refractivity contribution is -0.275. The molecule has 3 unspecified atom stereocenters. The van der Waals surface area contributed by atoms with Crippen molar-refractivity contribution in [2.24, 2.45) is 0 Å². The van der Waals surface area contributed by atoms with Gasteiger partial charge in [0.05, 0.1) is 0 Å². The second kappa shape index (κ2) is 3.74. The second-order valence-electron chi connectivity index (χ2n) is 3.90. The first kappa shape index (κ1) is 16.5. The summed E-state index contributed by atoms with van der Waals surface area (Å²) in [6, 6.07) is 0. The highest BCUT2D eigenvalue weighted by Gasteiger charge is 2.74. The van der Waals surface area contributed by atoms with E-state index in [4.69, 9.17) is 4.55 Å². The minimum absolute atomic E-state index is 0.189. The fourth-order valence-corrected chi connectivity index (χ4v) is 1.60. The van der Waals surface area contributed by atoms with Crippen LogP contribution >= 0.6 is 0 Å². The van der Waals surface area contributed by atoms with Gasteiger partial charge in [-0.15, -0.1) is 0 Å². The van der Waals surface area contributed by atoms with Crippen LogP contribution in [0.4, 0.5) is 26.3 Å². The molecule has 10 heteroatoms. The highest BCUT2D eigenvalue weighted by Crippen LogP contribution is 2.51. The number of halogens is 6. The van der Waals surface area contributed by atoms with Crippen LogP contribution in [0.5, 0.6) is 0 Å². The quantitative estimate of drug-likeness (QED) is 0.641. The lowest BCUT2D eigenvalue weighted by atomic mass is 9.85. The molecule has 0 amide bonds. The molecule has 0 saturated heterocycles. The summed E-state index contributed by atoms with van der Waals surface area (Å²) in [4.78, 5) is 0. The van der Waals surface area contributed by atoms with E-state index < -0.39 is 32.6 Å². The molecule has 0 aliphatic carbocycles. The maximum atomic E-state index is 13.6. The van der Waals surface area contributed by atoms with Crippen molar-refractivity contribution in [1.29, 1.82) is 0 Å². The molecule has 0 spiro atoms. The van der Waals surface area contributed by atoms with Crippen LogP contribution in [0.3, 0.4) is 0 Å². The van der Waals surface area contributed by atoms with E-state index >= 15 is 0 Å². The van der Waals surface area contributed by atoms with Crippen LogP contribution in [0.25, 0.3) is 0 Å². The van der Waals surface area contributed by atoms with Gasteiger partial charge in [-0.25, -0.2) is 13.2 Å². The Morgan fingerprint density at radius 1 is 0.824 bits per heavy atom. The van der Waals surface area contributed by atoms with Crippen LogP contribution in [0.2, 0.25) is 0 Å². The molecule has 0 aromatic rings. The zero-order valence-corrected chi connectivity index (χ0v) is 9.76. The molecule has 0 saturated carbocycles. The minimum atomic E-state index is -5.89. The van der Waals surface area contributed by atoms with E-state index in [-0.39, 0.29) is 20.8 Å². The van der Waals surface area contributed by atoms with Crippen LogP contribution < -0.4 is 0 Å². The van der Waals surface area contributed by atoms with E-state index in [2.05, 4.69) is 0 Å². The van der Waals surface area contributed by atoms with Crippen molar-refractivity contribution in [2.75, 3.05) is 0 Å². The molecule has 0 aromatic carbocycles. The van der Waals surface area contributed by atoms with Crippen molar-refractivity contribution in [3.63, 3.8) is 0 Å². The second-order valence-corrected chi connectivity index (χ2v) is 5.61. The Hall–Kier alpha value is -0.510. The highest BCUT2D eigenvalue weighted by atomic mass is 32.2. The van der Waals surface area contributed by atoms with Gasteiger partial charge in [0.1, 0.15) is 0 Å². The molecule has 1 N–H and O–H groups in total. The molecular weight excluding hydrogens is 278 g/mol. The normalized spacial score (nSPS) is 24.6. The van der Waals surface area contributed by atoms with Gasteiger partial charge in [-0.1, -0.05) is 0 Å². The third kappa shape index (κ3) is 2.24. The maximum absolute atomic E-state index is 13.6. The number of hydrogen-bond donors (Lipinski definition) is 1. The minimum Gasteiger partial charge on any atom is -0.283 e. The van der Waals surface area contributed by atoms with Crippen LogP contribution in [-0.4, -0.2) is 35.5 Å². The van der Waals surface area contributed by atoms with E-state index in [9.17, 15) is 34.8 Å². The van der Waals surface area contributed by atoms with Crippen molar-refractivity contribution in [1.82, 2.24) is 0 Å². The summed E-state index contributed by atoms with van der Waals surface area (Å²) in [6.45, 7) is -0.768. The fourth-order valence-electron chi connectivity index (χ4n) is 0.928. The van der Waals surface area contributed by atoms with Crippen LogP contribution in [0, 0.1) is 0 Å². The molecule has 0 aromatic heterocycles. The maximum Gasteiger partial charge on any atom is 0.425 e. The first-order valence-electron chi connectivity index (χ1n) is 4.10. The summed E-state index contributed by atoms with van der Waals surface area (Å²) in [5, 5.41) is -4.46. The van der Waals surface area contributed by atoms with Crippen molar-refractivity contribution in [3.05, 3.63) is 0 Å². The smallest absolute Gasteiger partial charge is 0.283 e. The molecule has 104 valence electrons. The monoisotopic (exact) mass is 288 g/mol. The van der Waals surface area contributed by atoms with Crippen molar-refractivity contribution >= 4 is 10.1 Å². The van der Waals surface area contributed by atoms with Crippen LogP contribution in [0.15, 0.2) is 0 Å². The highest BCUT2D eigenvalue weighted by molar-refractivity contribution is 7.87. The van der Waals surface area contributed by atoms with Crippen molar-refractivity contribution < 1.29 is 39.3 Å². The van der Waals surface area contributed by atoms with Gasteiger partial charge in [0.25, 0.3) is 5.00 Å². The summed E-state index contributed by atoms with van der Waals surface area (Å²) in [5.41, 5.74) is -9.34. The molecule has 0 fully saturated rings. The molecule has 3 nitrogen and oxygen atoms in total. The standard InChI is InChI=1S/C7H10F6O3S/c1-4(8,5(2,9)7(11,12)13)6(3,10)17(14,15)16/h1-3H3,(H,14,15,16). The molecule has 17 heavy (non-hydrogen) atoms. The lowest BCUT2D eigenvalue weighted by Crippen LogP contribution is -2.65. The van der Waals surface area contributed by atoms with E-state index in [0.29, 0.717) is 0 Å². The molecule has 0 aliphatic rings. The zero-order chi connectivity index (χ0) is 14.5. The van der Waals surface area contributed by atoms with Gasteiger partial charge in [0, 0.05) is 0 Å². The topological polar surface area (TPSA) is 54.4 Å². The predicted octanol–water partition coefficient (Wildman–Crippen LogP) is 2.58. The van der Waals surface area contributed by atoms with Crippen LogP contribution in [0.1, 0.15) is 20.8 Å².